The molecule has 0 aliphatic rings. The van der Waals surface area contributed by atoms with Crippen LogP contribution in [0.25, 0.3) is 0 Å². The van der Waals surface area contributed by atoms with E-state index in [1.165, 1.54) is 0 Å². The first-order valence-electron chi connectivity index (χ1n) is 5.47. The molecule has 0 aromatic carbocycles. The number of anilines is 2. The van der Waals surface area contributed by atoms with E-state index in [0.29, 0.717) is 5.95 Å². The monoisotopic (exact) mass is 240 g/mol. The first-order chi connectivity index (χ1) is 7.80. The number of hydrogen-bond donors (Lipinski definition) is 3. The number of hydrogen-bond acceptors (Lipinski definition) is 7. The second kappa shape index (κ2) is 5.13. The molecule has 17 heavy (non-hydrogen) atoms. The van der Waals surface area contributed by atoms with Gasteiger partial charge in [0.15, 0.2) is 0 Å². The van der Waals surface area contributed by atoms with Gasteiger partial charge in [0.25, 0.3) is 0 Å². The van der Waals surface area contributed by atoms with Crippen LogP contribution in [0.15, 0.2) is 0 Å². The third kappa shape index (κ3) is 4.81. The Labute approximate surface area is 101 Å². The molecule has 0 amide bonds. The summed E-state index contributed by atoms with van der Waals surface area (Å²) in [6, 6.07) is 0.245. The van der Waals surface area contributed by atoms with E-state index in [1.807, 2.05) is 34.6 Å². The minimum atomic E-state index is -0.150. The van der Waals surface area contributed by atoms with E-state index in [1.54, 1.807) is 0 Å². The fourth-order valence-electron chi connectivity index (χ4n) is 1.08. The predicted molar refractivity (Wildman–Crippen MR) is 66.8 cm³/mol. The fraction of sp³-hybridized carbons (Fsp3) is 0.700. The lowest BCUT2D eigenvalue weighted by molar-refractivity contribution is 0.222. The maximum Gasteiger partial charge on any atom is 0.323 e. The Kier molecular flexibility index (Phi) is 4.06. The minimum absolute atomic E-state index is 0.00879. The first kappa shape index (κ1) is 13.4. The summed E-state index contributed by atoms with van der Waals surface area (Å²) in [6.45, 7) is 9.83. The minimum Gasteiger partial charge on any atom is -0.461 e. The van der Waals surface area contributed by atoms with E-state index in [2.05, 4.69) is 25.7 Å². The average molecular weight is 240 g/mol. The van der Waals surface area contributed by atoms with Crippen LogP contribution in [0.5, 0.6) is 6.01 Å². The molecular formula is C10H20N6O. The average Bonchev–Trinajstić information content (AvgIpc) is 2.13. The van der Waals surface area contributed by atoms with Gasteiger partial charge in [-0.3, -0.25) is 5.43 Å². The maximum absolute atomic E-state index is 5.41. The van der Waals surface area contributed by atoms with E-state index in [-0.39, 0.29) is 23.6 Å². The molecular weight excluding hydrogens is 220 g/mol. The van der Waals surface area contributed by atoms with Crippen LogP contribution < -0.4 is 21.3 Å². The molecule has 1 aromatic rings. The SMILES string of the molecule is CC(C)Oc1nc(NN)nc(NC(C)(C)C)n1. The molecule has 96 valence electrons. The van der Waals surface area contributed by atoms with Crippen molar-refractivity contribution in [3.05, 3.63) is 0 Å². The third-order valence-electron chi connectivity index (χ3n) is 1.57. The van der Waals surface area contributed by atoms with Gasteiger partial charge in [-0.05, 0) is 34.6 Å². The van der Waals surface area contributed by atoms with Crippen molar-refractivity contribution in [2.45, 2.75) is 46.3 Å². The van der Waals surface area contributed by atoms with Crippen LogP contribution >= 0.6 is 0 Å². The Hall–Kier alpha value is -1.63. The Bertz CT molecular complexity index is 374. The highest BCUT2D eigenvalue weighted by Gasteiger charge is 2.14. The van der Waals surface area contributed by atoms with Crippen LogP contribution in [0, 0.1) is 0 Å². The molecule has 4 N–H and O–H groups in total. The number of hydrazine groups is 1. The highest BCUT2D eigenvalue weighted by Crippen LogP contribution is 2.15. The van der Waals surface area contributed by atoms with Gasteiger partial charge < -0.3 is 10.1 Å². The lowest BCUT2D eigenvalue weighted by Crippen LogP contribution is -2.28. The summed E-state index contributed by atoms with van der Waals surface area (Å²) >= 11 is 0. The molecule has 1 rings (SSSR count). The van der Waals surface area contributed by atoms with E-state index in [9.17, 15) is 0 Å². The van der Waals surface area contributed by atoms with Gasteiger partial charge in [-0.25, -0.2) is 5.84 Å². The van der Waals surface area contributed by atoms with Crippen LogP contribution in [-0.2, 0) is 0 Å². The molecule has 0 bridgehead atoms. The molecule has 0 aliphatic carbocycles. The molecule has 0 aliphatic heterocycles. The molecule has 0 unspecified atom stereocenters. The topological polar surface area (TPSA) is 98.0 Å². The van der Waals surface area contributed by atoms with E-state index in [0.717, 1.165) is 0 Å². The van der Waals surface area contributed by atoms with Crippen LogP contribution in [0.2, 0.25) is 0 Å². The van der Waals surface area contributed by atoms with Gasteiger partial charge in [0.2, 0.25) is 11.9 Å². The van der Waals surface area contributed by atoms with Crippen molar-refractivity contribution in [1.82, 2.24) is 15.0 Å². The first-order valence-corrected chi connectivity index (χ1v) is 5.47. The summed E-state index contributed by atoms with van der Waals surface area (Å²) in [6.07, 6.45) is -0.00879. The van der Waals surface area contributed by atoms with Crippen LogP contribution in [0.1, 0.15) is 34.6 Å². The zero-order valence-electron chi connectivity index (χ0n) is 10.9. The summed E-state index contributed by atoms with van der Waals surface area (Å²) in [4.78, 5) is 12.3. The maximum atomic E-state index is 5.41. The molecule has 0 fully saturated rings. The fourth-order valence-corrected chi connectivity index (χ4v) is 1.08. The molecule has 0 atom stereocenters. The molecule has 7 heteroatoms. The van der Waals surface area contributed by atoms with E-state index in [4.69, 9.17) is 10.6 Å². The Morgan fingerprint density at radius 1 is 1.12 bits per heavy atom. The van der Waals surface area contributed by atoms with Crippen LogP contribution in [0.3, 0.4) is 0 Å². The van der Waals surface area contributed by atoms with Gasteiger partial charge in [0, 0.05) is 5.54 Å². The summed E-state index contributed by atoms with van der Waals surface area (Å²) < 4.78 is 5.41. The lowest BCUT2D eigenvalue weighted by Gasteiger charge is -2.20. The Balaban J connectivity index is 2.97. The van der Waals surface area contributed by atoms with E-state index < -0.39 is 0 Å². The lowest BCUT2D eigenvalue weighted by atomic mass is 10.1. The number of nitrogens with two attached hydrogens (primary N) is 1. The smallest absolute Gasteiger partial charge is 0.323 e. The molecule has 0 saturated heterocycles. The highest BCUT2D eigenvalue weighted by atomic mass is 16.5. The normalized spacial score (nSPS) is 11.5. The van der Waals surface area contributed by atoms with Gasteiger partial charge in [-0.1, -0.05) is 0 Å². The number of nitrogens with one attached hydrogen (secondary N) is 2. The van der Waals surface area contributed by atoms with Crippen molar-refractivity contribution < 1.29 is 4.74 Å². The second-order valence-corrected chi connectivity index (χ2v) is 4.95. The highest BCUT2D eigenvalue weighted by molar-refractivity contribution is 5.36. The van der Waals surface area contributed by atoms with Gasteiger partial charge in [0.1, 0.15) is 0 Å². The summed E-state index contributed by atoms with van der Waals surface area (Å²) in [7, 11) is 0. The largest absolute Gasteiger partial charge is 0.461 e. The van der Waals surface area contributed by atoms with Crippen molar-refractivity contribution in [2.75, 3.05) is 10.7 Å². The molecule has 0 spiro atoms. The molecule has 7 nitrogen and oxygen atoms in total. The van der Waals surface area contributed by atoms with Crippen LogP contribution in [-0.4, -0.2) is 26.6 Å². The van der Waals surface area contributed by atoms with Gasteiger partial charge in [-0.15, -0.1) is 0 Å². The third-order valence-corrected chi connectivity index (χ3v) is 1.57. The number of rotatable bonds is 4. The van der Waals surface area contributed by atoms with Crippen molar-refractivity contribution >= 4 is 11.9 Å². The van der Waals surface area contributed by atoms with Crippen molar-refractivity contribution in [2.24, 2.45) is 5.84 Å². The number of ether oxygens (including phenoxy) is 1. The second-order valence-electron chi connectivity index (χ2n) is 4.95. The van der Waals surface area contributed by atoms with Gasteiger partial charge >= 0.3 is 6.01 Å². The molecule has 1 aromatic heterocycles. The summed E-state index contributed by atoms with van der Waals surface area (Å²) in [5.41, 5.74) is 2.23. The van der Waals surface area contributed by atoms with Crippen molar-refractivity contribution in [3.63, 3.8) is 0 Å². The molecule has 0 radical (unpaired) electrons. The number of aromatic nitrogens is 3. The number of nitrogen functional groups attached to an aromatic ring is 1. The molecule has 1 heterocycles. The predicted octanol–water partition coefficient (Wildman–Crippen LogP) is 1.15. The summed E-state index contributed by atoms with van der Waals surface area (Å²) in [5.74, 6) is 5.99. The zero-order chi connectivity index (χ0) is 13.1. The quantitative estimate of drug-likeness (QED) is 0.536. The van der Waals surface area contributed by atoms with Crippen molar-refractivity contribution in [3.8, 4) is 6.01 Å². The van der Waals surface area contributed by atoms with Crippen molar-refractivity contribution in [1.29, 1.82) is 0 Å². The Morgan fingerprint density at radius 3 is 2.18 bits per heavy atom. The van der Waals surface area contributed by atoms with Gasteiger partial charge in [-0.2, -0.15) is 15.0 Å². The zero-order valence-corrected chi connectivity index (χ0v) is 10.9. The van der Waals surface area contributed by atoms with Crippen LogP contribution in [0.4, 0.5) is 11.9 Å². The number of nitrogens with zero attached hydrogens (tertiary/aromatic N) is 3. The Morgan fingerprint density at radius 2 is 1.71 bits per heavy atom. The van der Waals surface area contributed by atoms with E-state index >= 15 is 0 Å². The molecule has 0 saturated carbocycles. The standard InChI is InChI=1S/C10H20N6O/c1-6(2)17-9-13-7(15-10(3,4)5)12-8(14-9)16-11/h6H,11H2,1-5H3,(H2,12,13,14,15,16). The summed E-state index contributed by atoms with van der Waals surface area (Å²) in [5, 5.41) is 3.13. The van der Waals surface area contributed by atoms with Gasteiger partial charge in [0.05, 0.1) is 6.10 Å².